The lowest BCUT2D eigenvalue weighted by Crippen LogP contribution is -2.35. The third-order valence-corrected chi connectivity index (χ3v) is 6.73. The molecule has 5 heteroatoms. The van der Waals surface area contributed by atoms with Crippen molar-refractivity contribution < 1.29 is 9.59 Å². The Bertz CT molecular complexity index is 1140. The zero-order chi connectivity index (χ0) is 23.2. The second-order valence-corrected chi connectivity index (χ2v) is 8.97. The average Bonchev–Trinajstić information content (AvgIpc) is 3.09. The highest BCUT2D eigenvalue weighted by atomic mass is 32.2. The van der Waals surface area contributed by atoms with E-state index in [0.717, 1.165) is 29.8 Å². The molecule has 4 nitrogen and oxygen atoms in total. The van der Waals surface area contributed by atoms with Crippen LogP contribution in [-0.2, 0) is 16.0 Å². The predicted molar refractivity (Wildman–Crippen MR) is 136 cm³/mol. The van der Waals surface area contributed by atoms with Crippen LogP contribution in [0.2, 0.25) is 0 Å². The highest BCUT2D eigenvalue weighted by Crippen LogP contribution is 2.40. The lowest BCUT2D eigenvalue weighted by molar-refractivity contribution is -0.120. The lowest BCUT2D eigenvalue weighted by Gasteiger charge is -2.24. The highest BCUT2D eigenvalue weighted by molar-refractivity contribution is 8.04. The maximum absolute atomic E-state index is 13.7. The van der Waals surface area contributed by atoms with Gasteiger partial charge < -0.3 is 4.90 Å². The van der Waals surface area contributed by atoms with Crippen LogP contribution in [-0.4, -0.2) is 18.4 Å². The molecule has 33 heavy (non-hydrogen) atoms. The number of thioether (sulfide) groups is 1. The Morgan fingerprint density at radius 1 is 0.788 bits per heavy atom. The van der Waals surface area contributed by atoms with Gasteiger partial charge in [0.2, 0.25) is 0 Å². The maximum Gasteiger partial charge on any atom is 0.283 e. The molecule has 1 aliphatic rings. The summed E-state index contributed by atoms with van der Waals surface area (Å²) >= 11 is 1.35. The van der Waals surface area contributed by atoms with E-state index in [1.165, 1.54) is 22.2 Å². The van der Waals surface area contributed by atoms with E-state index in [1.54, 1.807) is 0 Å². The second-order valence-electron chi connectivity index (χ2n) is 7.89. The smallest absolute Gasteiger partial charge is 0.283 e. The van der Waals surface area contributed by atoms with Gasteiger partial charge in [-0.2, -0.15) is 0 Å². The van der Waals surface area contributed by atoms with Crippen molar-refractivity contribution in [2.24, 2.45) is 0 Å². The minimum atomic E-state index is -0.287. The van der Waals surface area contributed by atoms with Gasteiger partial charge in [-0.3, -0.25) is 9.59 Å². The summed E-state index contributed by atoms with van der Waals surface area (Å²) in [5, 5.41) is 0. The number of hydrogen-bond acceptors (Lipinski definition) is 4. The molecular formula is C28H28N2O2S. The molecule has 0 aromatic heterocycles. The zero-order valence-electron chi connectivity index (χ0n) is 19.0. The van der Waals surface area contributed by atoms with Crippen molar-refractivity contribution in [3.63, 3.8) is 0 Å². The fraction of sp³-hybridized carbons (Fsp3) is 0.214. The molecule has 0 saturated carbocycles. The second kappa shape index (κ2) is 10.5. The van der Waals surface area contributed by atoms with Crippen LogP contribution < -0.4 is 9.80 Å². The number of unbranched alkanes of at least 4 members (excludes halogenated alkanes) is 1. The number of likely N-dealkylation sites (N-methyl/N-ethyl adjacent to an activating group) is 1. The fourth-order valence-corrected chi connectivity index (χ4v) is 4.94. The largest absolute Gasteiger partial charge is 0.336 e. The number of para-hydroxylation sites is 1. The fourth-order valence-electron chi connectivity index (χ4n) is 3.94. The van der Waals surface area contributed by atoms with E-state index >= 15 is 0 Å². The summed E-state index contributed by atoms with van der Waals surface area (Å²) in [6.45, 7) is 4.73. The minimum Gasteiger partial charge on any atom is -0.336 e. The van der Waals surface area contributed by atoms with Gasteiger partial charge in [0.1, 0.15) is 10.6 Å². The summed E-state index contributed by atoms with van der Waals surface area (Å²) < 4.78 is 0. The zero-order valence-corrected chi connectivity index (χ0v) is 19.8. The average molecular weight is 457 g/mol. The molecule has 0 radical (unpaired) electrons. The van der Waals surface area contributed by atoms with Crippen LogP contribution >= 0.6 is 11.8 Å². The van der Waals surface area contributed by atoms with E-state index in [-0.39, 0.29) is 11.8 Å². The molecule has 0 atom stereocenters. The first-order chi connectivity index (χ1) is 16.1. The molecule has 1 heterocycles. The molecule has 1 aliphatic heterocycles. The number of carbonyl (C=O) groups excluding carboxylic acids is 2. The monoisotopic (exact) mass is 456 g/mol. The van der Waals surface area contributed by atoms with E-state index in [1.807, 2.05) is 96.8 Å². The minimum absolute atomic E-state index is 0.278. The van der Waals surface area contributed by atoms with Crippen molar-refractivity contribution in [3.05, 3.63) is 101 Å². The van der Waals surface area contributed by atoms with Crippen molar-refractivity contribution in [1.29, 1.82) is 0 Å². The molecule has 0 aliphatic carbocycles. The summed E-state index contributed by atoms with van der Waals surface area (Å²) in [5.41, 5.74) is 3.14. The van der Waals surface area contributed by atoms with Gasteiger partial charge in [-0.15, -0.1) is 0 Å². The molecule has 4 rings (SSSR count). The number of carbonyl (C=O) groups is 2. The molecule has 0 N–H and O–H groups in total. The maximum atomic E-state index is 13.7. The van der Waals surface area contributed by atoms with E-state index in [9.17, 15) is 9.59 Å². The molecule has 0 fully saturated rings. The highest BCUT2D eigenvalue weighted by Gasteiger charge is 2.42. The number of imide groups is 1. The number of nitrogens with zero attached hydrogens (tertiary/aromatic N) is 2. The lowest BCUT2D eigenvalue weighted by atomic mass is 10.1. The SMILES string of the molecule is CCCCc1ccc(N2C(=O)C(Sc3ccccc3)=C(N(CC)c3ccccc3)C2=O)cc1. The Morgan fingerprint density at radius 3 is 2.03 bits per heavy atom. The summed E-state index contributed by atoms with van der Waals surface area (Å²) in [6, 6.07) is 27.3. The van der Waals surface area contributed by atoms with Crippen molar-refractivity contribution in [2.75, 3.05) is 16.3 Å². The third-order valence-electron chi connectivity index (χ3n) is 5.65. The van der Waals surface area contributed by atoms with Crippen molar-refractivity contribution >= 4 is 35.0 Å². The number of anilines is 2. The third kappa shape index (κ3) is 4.88. The first-order valence-corrected chi connectivity index (χ1v) is 12.2. The molecule has 3 aromatic rings. The van der Waals surface area contributed by atoms with E-state index in [2.05, 4.69) is 6.92 Å². The summed E-state index contributed by atoms with van der Waals surface area (Å²) in [5.74, 6) is -0.565. The quantitative estimate of drug-likeness (QED) is 0.348. The molecule has 0 spiro atoms. The van der Waals surface area contributed by atoms with Crippen LogP contribution in [0.5, 0.6) is 0 Å². The summed E-state index contributed by atoms with van der Waals surface area (Å²) in [4.78, 5) is 32.0. The van der Waals surface area contributed by atoms with Gasteiger partial charge in [-0.1, -0.05) is 73.6 Å². The number of amides is 2. The van der Waals surface area contributed by atoms with Crippen LogP contribution in [0.1, 0.15) is 32.3 Å². The molecule has 0 saturated heterocycles. The van der Waals surface area contributed by atoms with Crippen LogP contribution in [0, 0.1) is 0 Å². The van der Waals surface area contributed by atoms with Crippen LogP contribution in [0.15, 0.2) is 100 Å². The molecule has 3 aromatic carbocycles. The van der Waals surface area contributed by atoms with E-state index < -0.39 is 0 Å². The van der Waals surface area contributed by atoms with Crippen molar-refractivity contribution in [3.8, 4) is 0 Å². The number of aryl methyl sites for hydroxylation is 1. The van der Waals surface area contributed by atoms with Crippen LogP contribution in [0.3, 0.4) is 0 Å². The van der Waals surface area contributed by atoms with Gasteiger partial charge in [0.25, 0.3) is 11.8 Å². The Balaban J connectivity index is 1.74. The van der Waals surface area contributed by atoms with Gasteiger partial charge >= 0.3 is 0 Å². The van der Waals surface area contributed by atoms with Crippen molar-refractivity contribution in [1.82, 2.24) is 0 Å². The summed E-state index contributed by atoms with van der Waals surface area (Å²) in [7, 11) is 0. The van der Waals surface area contributed by atoms with Crippen molar-refractivity contribution in [2.45, 2.75) is 38.0 Å². The van der Waals surface area contributed by atoms with E-state index in [0.29, 0.717) is 22.8 Å². The molecule has 0 unspecified atom stereocenters. The normalized spacial score (nSPS) is 13.7. The van der Waals surface area contributed by atoms with E-state index in [4.69, 9.17) is 0 Å². The molecule has 168 valence electrons. The molecule has 2 amide bonds. The molecular weight excluding hydrogens is 428 g/mol. The van der Waals surface area contributed by atoms with Crippen LogP contribution in [0.4, 0.5) is 11.4 Å². The number of hydrogen-bond donors (Lipinski definition) is 0. The standard InChI is InChI=1S/C28H28N2O2S/c1-3-5-12-21-17-19-23(20-18-21)30-27(31)25(29(4-2)22-13-8-6-9-14-22)26(28(30)32)33-24-15-10-7-11-16-24/h6-11,13-20H,3-5,12H2,1-2H3. The first kappa shape index (κ1) is 22.9. The molecule has 0 bridgehead atoms. The first-order valence-electron chi connectivity index (χ1n) is 11.4. The van der Waals surface area contributed by atoms with Gasteiger partial charge in [-0.25, -0.2) is 4.90 Å². The van der Waals surface area contributed by atoms with Gasteiger partial charge in [0.05, 0.1) is 5.69 Å². The number of benzene rings is 3. The van der Waals surface area contributed by atoms with Gasteiger partial charge in [0, 0.05) is 17.1 Å². The number of rotatable bonds is 9. The van der Waals surface area contributed by atoms with Crippen LogP contribution in [0.25, 0.3) is 0 Å². The Morgan fingerprint density at radius 2 is 1.42 bits per heavy atom. The summed E-state index contributed by atoms with van der Waals surface area (Å²) in [6.07, 6.45) is 3.24. The predicted octanol–water partition coefficient (Wildman–Crippen LogP) is 6.43. The Kier molecular flexibility index (Phi) is 7.30. The Labute approximate surface area is 199 Å². The van der Waals surface area contributed by atoms with Gasteiger partial charge in [0.15, 0.2) is 0 Å². The van der Waals surface area contributed by atoms with Gasteiger partial charge in [-0.05, 0) is 61.7 Å². The topological polar surface area (TPSA) is 40.6 Å². The Hall–Kier alpha value is -3.31.